The zero-order valence-electron chi connectivity index (χ0n) is 12.1. The van der Waals surface area contributed by atoms with Crippen molar-refractivity contribution in [3.05, 3.63) is 18.0 Å². The van der Waals surface area contributed by atoms with Crippen LogP contribution in [0.2, 0.25) is 0 Å². The second kappa shape index (κ2) is 6.24. The predicted molar refractivity (Wildman–Crippen MR) is 76.4 cm³/mol. The number of hydrogen-bond donors (Lipinski definition) is 2. The van der Waals surface area contributed by atoms with Gasteiger partial charge < -0.3 is 15.2 Å². The van der Waals surface area contributed by atoms with E-state index in [0.717, 1.165) is 25.1 Å². The molecule has 1 aromatic heterocycles. The summed E-state index contributed by atoms with van der Waals surface area (Å²) < 4.78 is 7.40. The Hall–Kier alpha value is -0.910. The maximum absolute atomic E-state index is 10.4. The smallest absolute Gasteiger partial charge is 0.0815 e. The van der Waals surface area contributed by atoms with Gasteiger partial charge in [-0.1, -0.05) is 12.8 Å². The van der Waals surface area contributed by atoms with Crippen LogP contribution in [0.15, 0.2) is 12.3 Å². The number of aliphatic hydroxyl groups is 1. The van der Waals surface area contributed by atoms with Crippen LogP contribution in [0.4, 0.5) is 0 Å². The third-order valence-corrected chi connectivity index (χ3v) is 4.55. The fourth-order valence-electron chi connectivity index (χ4n) is 3.20. The summed E-state index contributed by atoms with van der Waals surface area (Å²) in [5.74, 6) is 0. The lowest BCUT2D eigenvalue weighted by Gasteiger charge is -2.32. The molecule has 0 bridgehead atoms. The molecule has 2 heterocycles. The number of aromatic nitrogens is 2. The molecular formula is C15H25N3O2. The van der Waals surface area contributed by atoms with Crippen molar-refractivity contribution < 1.29 is 9.84 Å². The van der Waals surface area contributed by atoms with Gasteiger partial charge in [-0.05, 0) is 18.9 Å². The Morgan fingerprint density at radius 3 is 2.85 bits per heavy atom. The Labute approximate surface area is 120 Å². The third kappa shape index (κ3) is 3.40. The topological polar surface area (TPSA) is 59.3 Å². The summed E-state index contributed by atoms with van der Waals surface area (Å²) in [5.41, 5.74) is 0.458. The molecule has 0 spiro atoms. The van der Waals surface area contributed by atoms with Gasteiger partial charge >= 0.3 is 0 Å². The lowest BCUT2D eigenvalue weighted by Crippen LogP contribution is -2.44. The van der Waals surface area contributed by atoms with Gasteiger partial charge in [-0.15, -0.1) is 0 Å². The van der Waals surface area contributed by atoms with Crippen LogP contribution in [-0.4, -0.2) is 40.2 Å². The van der Waals surface area contributed by atoms with Crippen molar-refractivity contribution in [3.63, 3.8) is 0 Å². The van der Waals surface area contributed by atoms with E-state index >= 15 is 0 Å². The largest absolute Gasteiger partial charge is 0.388 e. The average molecular weight is 279 g/mol. The van der Waals surface area contributed by atoms with Gasteiger partial charge in [0.1, 0.15) is 0 Å². The van der Waals surface area contributed by atoms with E-state index in [1.54, 1.807) is 0 Å². The van der Waals surface area contributed by atoms with E-state index in [2.05, 4.69) is 27.4 Å². The zero-order chi connectivity index (χ0) is 13.8. The van der Waals surface area contributed by atoms with Gasteiger partial charge in [0.05, 0.1) is 17.3 Å². The van der Waals surface area contributed by atoms with Gasteiger partial charge in [-0.3, -0.25) is 4.68 Å². The second-order valence-corrected chi connectivity index (χ2v) is 6.17. The van der Waals surface area contributed by atoms with Gasteiger partial charge in [0.15, 0.2) is 0 Å². The molecular weight excluding hydrogens is 254 g/mol. The van der Waals surface area contributed by atoms with Gasteiger partial charge in [-0.2, -0.15) is 5.10 Å². The first kappa shape index (κ1) is 14.0. The summed E-state index contributed by atoms with van der Waals surface area (Å²) in [6.45, 7) is 2.67. The second-order valence-electron chi connectivity index (χ2n) is 6.17. The minimum absolute atomic E-state index is 0.600. The molecule has 5 heteroatoms. The molecule has 3 rings (SSSR count). The molecule has 1 saturated carbocycles. The highest BCUT2D eigenvalue weighted by molar-refractivity contribution is 5.00. The quantitative estimate of drug-likeness (QED) is 0.860. The summed E-state index contributed by atoms with van der Waals surface area (Å²) >= 11 is 0. The first-order valence-electron chi connectivity index (χ1n) is 7.80. The molecule has 1 aromatic rings. The van der Waals surface area contributed by atoms with Crippen LogP contribution in [0.1, 0.15) is 50.3 Å². The van der Waals surface area contributed by atoms with Crippen LogP contribution in [0.5, 0.6) is 0 Å². The minimum atomic E-state index is -0.605. The van der Waals surface area contributed by atoms with Gasteiger partial charge in [-0.25, -0.2) is 0 Å². The highest BCUT2D eigenvalue weighted by Crippen LogP contribution is 2.28. The van der Waals surface area contributed by atoms with E-state index in [9.17, 15) is 5.11 Å². The van der Waals surface area contributed by atoms with Crippen LogP contribution >= 0.6 is 0 Å². The SMILES string of the molecule is OC1(CNCc2ccn(C3CCCC3)n2)CCOCC1. The van der Waals surface area contributed by atoms with Gasteiger partial charge in [0.25, 0.3) is 0 Å². The number of ether oxygens (including phenoxy) is 1. The molecule has 2 aliphatic rings. The van der Waals surface area contributed by atoms with E-state index < -0.39 is 5.60 Å². The van der Waals surface area contributed by atoms with Crippen molar-refractivity contribution in [2.75, 3.05) is 19.8 Å². The molecule has 1 saturated heterocycles. The average Bonchev–Trinajstić information content (AvgIpc) is 3.09. The molecule has 0 unspecified atom stereocenters. The fraction of sp³-hybridized carbons (Fsp3) is 0.800. The van der Waals surface area contributed by atoms with E-state index in [4.69, 9.17) is 4.74 Å². The monoisotopic (exact) mass is 279 g/mol. The molecule has 0 atom stereocenters. The summed E-state index contributed by atoms with van der Waals surface area (Å²) in [4.78, 5) is 0. The third-order valence-electron chi connectivity index (χ3n) is 4.55. The Balaban J connectivity index is 1.46. The molecule has 5 nitrogen and oxygen atoms in total. The summed E-state index contributed by atoms with van der Waals surface area (Å²) in [6, 6.07) is 2.68. The number of hydrogen-bond acceptors (Lipinski definition) is 4. The standard InChI is InChI=1S/C15H25N3O2/c19-15(6-9-20-10-7-15)12-16-11-13-5-8-18(17-13)14-3-1-2-4-14/h5,8,14,16,19H,1-4,6-7,9-12H2. The molecule has 0 radical (unpaired) electrons. The van der Waals surface area contributed by atoms with E-state index in [0.29, 0.717) is 25.8 Å². The van der Waals surface area contributed by atoms with Crippen molar-refractivity contribution >= 4 is 0 Å². The first-order valence-corrected chi connectivity index (χ1v) is 7.80. The van der Waals surface area contributed by atoms with E-state index in [1.807, 2.05) is 0 Å². The van der Waals surface area contributed by atoms with Crippen LogP contribution in [0.3, 0.4) is 0 Å². The highest BCUT2D eigenvalue weighted by atomic mass is 16.5. The van der Waals surface area contributed by atoms with Gasteiger partial charge in [0, 0.05) is 45.3 Å². The van der Waals surface area contributed by atoms with Crippen molar-refractivity contribution in [2.45, 2.75) is 56.7 Å². The Bertz CT molecular complexity index is 421. The summed E-state index contributed by atoms with van der Waals surface area (Å²) in [5, 5.41) is 18.3. The fourth-order valence-corrected chi connectivity index (χ4v) is 3.20. The lowest BCUT2D eigenvalue weighted by atomic mass is 9.94. The summed E-state index contributed by atoms with van der Waals surface area (Å²) in [6.07, 6.45) is 8.70. The van der Waals surface area contributed by atoms with Crippen LogP contribution < -0.4 is 5.32 Å². The molecule has 1 aliphatic carbocycles. The predicted octanol–water partition coefficient (Wildman–Crippen LogP) is 1.63. The molecule has 112 valence electrons. The minimum Gasteiger partial charge on any atom is -0.388 e. The van der Waals surface area contributed by atoms with Crippen molar-refractivity contribution in [2.24, 2.45) is 0 Å². The molecule has 2 fully saturated rings. The van der Waals surface area contributed by atoms with Crippen LogP contribution in [0.25, 0.3) is 0 Å². The molecule has 20 heavy (non-hydrogen) atoms. The Morgan fingerprint density at radius 2 is 2.10 bits per heavy atom. The van der Waals surface area contributed by atoms with E-state index in [1.165, 1.54) is 25.7 Å². The number of nitrogens with zero attached hydrogens (tertiary/aromatic N) is 2. The normalized spacial score (nSPS) is 23.2. The van der Waals surface area contributed by atoms with Crippen molar-refractivity contribution in [1.29, 1.82) is 0 Å². The number of nitrogens with one attached hydrogen (secondary N) is 1. The van der Waals surface area contributed by atoms with E-state index in [-0.39, 0.29) is 0 Å². The lowest BCUT2D eigenvalue weighted by molar-refractivity contribution is -0.0617. The maximum atomic E-state index is 10.4. The zero-order valence-corrected chi connectivity index (χ0v) is 12.1. The van der Waals surface area contributed by atoms with Crippen LogP contribution in [0, 0.1) is 0 Å². The van der Waals surface area contributed by atoms with Crippen molar-refractivity contribution in [3.8, 4) is 0 Å². The maximum Gasteiger partial charge on any atom is 0.0815 e. The van der Waals surface area contributed by atoms with Crippen LogP contribution in [-0.2, 0) is 11.3 Å². The number of rotatable bonds is 5. The Morgan fingerprint density at radius 1 is 1.35 bits per heavy atom. The van der Waals surface area contributed by atoms with Crippen molar-refractivity contribution in [1.82, 2.24) is 15.1 Å². The van der Waals surface area contributed by atoms with Gasteiger partial charge in [0.2, 0.25) is 0 Å². The molecule has 0 aromatic carbocycles. The molecule has 1 aliphatic heterocycles. The molecule has 2 N–H and O–H groups in total. The highest BCUT2D eigenvalue weighted by Gasteiger charge is 2.29. The first-order chi connectivity index (χ1) is 9.75. The Kier molecular flexibility index (Phi) is 4.38. The molecule has 0 amide bonds. The summed E-state index contributed by atoms with van der Waals surface area (Å²) in [7, 11) is 0.